The Labute approximate surface area is 107 Å². The molecule has 19 heavy (non-hydrogen) atoms. The number of benzene rings is 1. The van der Waals surface area contributed by atoms with Crippen molar-refractivity contribution in [2.45, 2.75) is 12.2 Å². The van der Waals surface area contributed by atoms with Crippen LogP contribution in [0.5, 0.6) is 0 Å². The Morgan fingerprint density at radius 1 is 1.26 bits per heavy atom. The van der Waals surface area contributed by atoms with Gasteiger partial charge in [0.2, 0.25) is 0 Å². The zero-order valence-electron chi connectivity index (χ0n) is 9.78. The lowest BCUT2D eigenvalue weighted by Crippen LogP contribution is -2.33. The molecule has 0 aliphatic carbocycles. The molecule has 0 radical (unpaired) electrons. The summed E-state index contributed by atoms with van der Waals surface area (Å²) in [5.41, 5.74) is -0.301. The molecule has 0 bridgehead atoms. The fraction of sp³-hybridized carbons (Fsp3) is 0.417. The van der Waals surface area contributed by atoms with Crippen LogP contribution >= 0.6 is 0 Å². The standard InChI is InChI=1S/C12H12F3NO3/c13-12(14,15)7-1-3-8(4-2-7)16-10-6-19-5-9(10)11(17)18/h1-4,9-10,16H,5-6H2,(H,17,18). The number of aliphatic carboxylic acids is 1. The molecule has 104 valence electrons. The van der Waals surface area contributed by atoms with E-state index in [1.165, 1.54) is 12.1 Å². The number of carboxylic acid groups (broad SMARTS) is 1. The molecule has 1 aromatic carbocycles. The lowest BCUT2D eigenvalue weighted by Gasteiger charge is -2.17. The van der Waals surface area contributed by atoms with Gasteiger partial charge in [0.15, 0.2) is 0 Å². The second-order valence-corrected chi connectivity index (χ2v) is 4.31. The molecule has 0 spiro atoms. The third-order valence-corrected chi connectivity index (χ3v) is 2.96. The van der Waals surface area contributed by atoms with E-state index in [9.17, 15) is 18.0 Å². The van der Waals surface area contributed by atoms with E-state index < -0.39 is 29.7 Å². The van der Waals surface area contributed by atoms with Crippen LogP contribution in [0.1, 0.15) is 5.56 Å². The lowest BCUT2D eigenvalue weighted by molar-refractivity contribution is -0.141. The largest absolute Gasteiger partial charge is 0.481 e. The molecule has 7 heteroatoms. The maximum atomic E-state index is 12.4. The van der Waals surface area contributed by atoms with Crippen molar-refractivity contribution < 1.29 is 27.8 Å². The Morgan fingerprint density at radius 2 is 1.89 bits per heavy atom. The number of ether oxygens (including phenoxy) is 1. The molecule has 1 saturated heterocycles. The minimum atomic E-state index is -4.38. The summed E-state index contributed by atoms with van der Waals surface area (Å²) in [7, 11) is 0. The number of carboxylic acids is 1. The molecule has 1 aliphatic heterocycles. The molecule has 2 unspecified atom stereocenters. The van der Waals surface area contributed by atoms with Gasteiger partial charge in [-0.15, -0.1) is 0 Å². The van der Waals surface area contributed by atoms with Crippen molar-refractivity contribution in [3.05, 3.63) is 29.8 Å². The van der Waals surface area contributed by atoms with Crippen LogP contribution in [-0.2, 0) is 15.7 Å². The number of rotatable bonds is 3. The van der Waals surface area contributed by atoms with Crippen LogP contribution in [0.4, 0.5) is 18.9 Å². The van der Waals surface area contributed by atoms with Crippen LogP contribution in [0.2, 0.25) is 0 Å². The minimum absolute atomic E-state index is 0.105. The first-order valence-electron chi connectivity index (χ1n) is 5.62. The van der Waals surface area contributed by atoms with Crippen molar-refractivity contribution in [3.8, 4) is 0 Å². The summed E-state index contributed by atoms with van der Waals surface area (Å²) in [6, 6.07) is 4.02. The van der Waals surface area contributed by atoms with Crippen molar-refractivity contribution >= 4 is 11.7 Å². The van der Waals surface area contributed by atoms with Crippen LogP contribution in [-0.4, -0.2) is 30.3 Å². The van der Waals surface area contributed by atoms with Gasteiger partial charge < -0.3 is 15.2 Å². The average molecular weight is 275 g/mol. The number of hydrogen-bond acceptors (Lipinski definition) is 3. The van der Waals surface area contributed by atoms with E-state index in [2.05, 4.69) is 5.32 Å². The van der Waals surface area contributed by atoms with Gasteiger partial charge in [-0.05, 0) is 24.3 Å². The van der Waals surface area contributed by atoms with E-state index in [0.717, 1.165) is 12.1 Å². The Kier molecular flexibility index (Phi) is 3.66. The predicted molar refractivity (Wildman–Crippen MR) is 60.8 cm³/mol. The van der Waals surface area contributed by atoms with Crippen LogP contribution in [0.15, 0.2) is 24.3 Å². The third-order valence-electron chi connectivity index (χ3n) is 2.96. The second-order valence-electron chi connectivity index (χ2n) is 4.31. The number of anilines is 1. The molecule has 0 amide bonds. The molecule has 1 aromatic rings. The quantitative estimate of drug-likeness (QED) is 0.888. The van der Waals surface area contributed by atoms with Gasteiger partial charge in [0.05, 0.1) is 24.8 Å². The molecule has 1 fully saturated rings. The van der Waals surface area contributed by atoms with E-state index >= 15 is 0 Å². The SMILES string of the molecule is O=C(O)C1COCC1Nc1ccc(C(F)(F)F)cc1. The summed E-state index contributed by atoms with van der Waals surface area (Å²) in [5, 5.41) is 11.8. The Morgan fingerprint density at radius 3 is 2.42 bits per heavy atom. The van der Waals surface area contributed by atoms with Crippen LogP contribution in [0, 0.1) is 5.92 Å². The number of alkyl halides is 3. The van der Waals surface area contributed by atoms with E-state index in [4.69, 9.17) is 9.84 Å². The summed E-state index contributed by atoms with van der Waals surface area (Å²) < 4.78 is 42.2. The number of hydrogen-bond donors (Lipinski definition) is 2. The fourth-order valence-electron chi connectivity index (χ4n) is 1.91. The Bertz CT molecular complexity index is 458. The number of nitrogens with one attached hydrogen (secondary N) is 1. The van der Waals surface area contributed by atoms with Gasteiger partial charge in [-0.3, -0.25) is 4.79 Å². The van der Waals surface area contributed by atoms with E-state index in [1.54, 1.807) is 0 Å². The first-order valence-corrected chi connectivity index (χ1v) is 5.62. The zero-order chi connectivity index (χ0) is 14.0. The molecule has 0 saturated carbocycles. The zero-order valence-corrected chi connectivity index (χ0v) is 9.78. The number of carbonyl (C=O) groups is 1. The van der Waals surface area contributed by atoms with Crippen LogP contribution in [0.25, 0.3) is 0 Å². The molecule has 2 rings (SSSR count). The summed E-state index contributed by atoms with van der Waals surface area (Å²) in [4.78, 5) is 10.9. The maximum absolute atomic E-state index is 12.4. The Balaban J connectivity index is 2.06. The highest BCUT2D eigenvalue weighted by Crippen LogP contribution is 2.30. The summed E-state index contributed by atoms with van der Waals surface area (Å²) >= 11 is 0. The minimum Gasteiger partial charge on any atom is -0.481 e. The van der Waals surface area contributed by atoms with E-state index in [-0.39, 0.29) is 13.2 Å². The molecule has 4 nitrogen and oxygen atoms in total. The normalized spacial score (nSPS) is 23.3. The highest BCUT2D eigenvalue weighted by molar-refractivity contribution is 5.72. The van der Waals surface area contributed by atoms with E-state index in [1.807, 2.05) is 0 Å². The van der Waals surface area contributed by atoms with Crippen LogP contribution in [0.3, 0.4) is 0 Å². The van der Waals surface area contributed by atoms with Gasteiger partial charge in [-0.2, -0.15) is 13.2 Å². The second kappa shape index (κ2) is 5.08. The van der Waals surface area contributed by atoms with Crippen LogP contribution < -0.4 is 5.32 Å². The van der Waals surface area contributed by atoms with Gasteiger partial charge in [0.1, 0.15) is 5.92 Å². The molecular weight excluding hydrogens is 263 g/mol. The number of halogens is 3. The molecular formula is C12H12F3NO3. The van der Waals surface area contributed by atoms with Gasteiger partial charge in [-0.25, -0.2) is 0 Å². The van der Waals surface area contributed by atoms with Gasteiger partial charge in [0, 0.05) is 5.69 Å². The highest BCUT2D eigenvalue weighted by atomic mass is 19.4. The van der Waals surface area contributed by atoms with E-state index in [0.29, 0.717) is 5.69 Å². The predicted octanol–water partition coefficient (Wildman–Crippen LogP) is 2.22. The fourth-order valence-corrected chi connectivity index (χ4v) is 1.91. The topological polar surface area (TPSA) is 58.6 Å². The molecule has 0 aromatic heterocycles. The van der Waals surface area contributed by atoms with Crippen molar-refractivity contribution in [1.29, 1.82) is 0 Å². The molecule has 2 atom stereocenters. The van der Waals surface area contributed by atoms with Gasteiger partial charge >= 0.3 is 12.1 Å². The summed E-state index contributed by atoms with van der Waals surface area (Å²) in [5.74, 6) is -1.68. The van der Waals surface area contributed by atoms with Crippen molar-refractivity contribution in [2.75, 3.05) is 18.5 Å². The molecule has 1 aliphatic rings. The third kappa shape index (κ3) is 3.17. The molecule has 2 N–H and O–H groups in total. The smallest absolute Gasteiger partial charge is 0.416 e. The van der Waals surface area contributed by atoms with Gasteiger partial charge in [0.25, 0.3) is 0 Å². The monoisotopic (exact) mass is 275 g/mol. The van der Waals surface area contributed by atoms with Gasteiger partial charge in [-0.1, -0.05) is 0 Å². The first kappa shape index (κ1) is 13.7. The Hall–Kier alpha value is -1.76. The average Bonchev–Trinajstić information content (AvgIpc) is 2.77. The van der Waals surface area contributed by atoms with Crippen molar-refractivity contribution in [1.82, 2.24) is 0 Å². The summed E-state index contributed by atoms with van der Waals surface area (Å²) in [6.07, 6.45) is -4.38. The summed E-state index contributed by atoms with van der Waals surface area (Å²) in [6.45, 7) is 0.325. The highest BCUT2D eigenvalue weighted by Gasteiger charge is 2.34. The lowest BCUT2D eigenvalue weighted by atomic mass is 10.0. The van der Waals surface area contributed by atoms with Crippen molar-refractivity contribution in [3.63, 3.8) is 0 Å². The van der Waals surface area contributed by atoms with Crippen molar-refractivity contribution in [2.24, 2.45) is 5.92 Å². The first-order chi connectivity index (χ1) is 8.88. The maximum Gasteiger partial charge on any atom is 0.416 e. The molecule has 1 heterocycles.